The molecule has 2 amide bonds. The number of amides is 2. The second-order valence-electron chi connectivity index (χ2n) is 6.58. The van der Waals surface area contributed by atoms with Crippen LogP contribution in [0.25, 0.3) is 0 Å². The molecule has 0 aliphatic rings. The molecule has 0 heterocycles. The highest BCUT2D eigenvalue weighted by Gasteiger charge is 2.16. The van der Waals surface area contributed by atoms with Crippen molar-refractivity contribution in [2.24, 2.45) is 0 Å². The predicted octanol–water partition coefficient (Wildman–Crippen LogP) is 6.37. The number of carbonyl (C=O) groups excluding carboxylic acids is 2. The van der Waals surface area contributed by atoms with Gasteiger partial charge in [0.15, 0.2) is 0 Å². The largest absolute Gasteiger partial charge is 0.497 e. The first-order valence-corrected chi connectivity index (χ1v) is 11.0. The number of hydrogen-bond acceptors (Lipinski definition) is 4. The van der Waals surface area contributed by atoms with Gasteiger partial charge in [-0.2, -0.15) is 0 Å². The van der Waals surface area contributed by atoms with Crippen LogP contribution in [0, 0.1) is 0 Å². The fourth-order valence-corrected chi connectivity index (χ4v) is 3.85. The number of anilines is 2. The molecule has 160 valence electrons. The summed E-state index contributed by atoms with van der Waals surface area (Å²) in [6.07, 6.45) is 0. The zero-order valence-corrected chi connectivity index (χ0v) is 19.1. The van der Waals surface area contributed by atoms with E-state index in [1.54, 1.807) is 68.6 Å². The molecule has 3 aromatic rings. The third kappa shape index (κ3) is 6.40. The molecule has 8 heteroatoms. The Morgan fingerprint density at radius 2 is 1.61 bits per heavy atom. The summed E-state index contributed by atoms with van der Waals surface area (Å²) in [5.74, 6) is 0.286. The molecular formula is C23H20Cl2N2O3S. The highest BCUT2D eigenvalue weighted by atomic mass is 35.5. The van der Waals surface area contributed by atoms with Crippen LogP contribution >= 0.6 is 35.0 Å². The molecule has 0 bridgehead atoms. The van der Waals surface area contributed by atoms with Gasteiger partial charge in [-0.05, 0) is 73.7 Å². The Hall–Kier alpha value is -2.67. The number of hydrogen-bond donors (Lipinski definition) is 2. The van der Waals surface area contributed by atoms with Crippen molar-refractivity contribution in [3.8, 4) is 5.75 Å². The summed E-state index contributed by atoms with van der Waals surface area (Å²) in [6.45, 7) is 1.80. The van der Waals surface area contributed by atoms with Crippen molar-refractivity contribution in [3.63, 3.8) is 0 Å². The summed E-state index contributed by atoms with van der Waals surface area (Å²) in [6, 6.07) is 19.1. The molecule has 31 heavy (non-hydrogen) atoms. The number of methoxy groups -OCH3 is 1. The molecule has 3 aromatic carbocycles. The fourth-order valence-electron chi connectivity index (χ4n) is 2.65. The van der Waals surface area contributed by atoms with Gasteiger partial charge in [-0.3, -0.25) is 9.59 Å². The lowest BCUT2D eigenvalue weighted by molar-refractivity contribution is -0.115. The summed E-state index contributed by atoms with van der Waals surface area (Å²) in [5, 5.41) is 6.19. The molecular weight excluding hydrogens is 455 g/mol. The van der Waals surface area contributed by atoms with Crippen LogP contribution in [0.15, 0.2) is 71.6 Å². The predicted molar refractivity (Wildman–Crippen MR) is 128 cm³/mol. The maximum atomic E-state index is 12.5. The molecule has 1 atom stereocenters. The lowest BCUT2D eigenvalue weighted by atomic mass is 10.2. The number of ether oxygens (including phenoxy) is 1. The van der Waals surface area contributed by atoms with Crippen molar-refractivity contribution in [1.82, 2.24) is 0 Å². The minimum absolute atomic E-state index is 0.189. The standard InChI is InChI=1S/C23H20Cl2N2O3S/c1-14(22(28)27-21-13-16(24)5-12-20(21)25)31-19-10-6-17(7-11-19)26-23(29)15-3-8-18(30-2)9-4-15/h3-14H,1-2H3,(H,26,29)(H,27,28). The summed E-state index contributed by atoms with van der Waals surface area (Å²) >= 11 is 13.5. The van der Waals surface area contributed by atoms with E-state index in [4.69, 9.17) is 27.9 Å². The van der Waals surface area contributed by atoms with E-state index in [-0.39, 0.29) is 17.1 Å². The van der Waals surface area contributed by atoms with Crippen molar-refractivity contribution < 1.29 is 14.3 Å². The quantitative estimate of drug-likeness (QED) is 0.390. The second-order valence-corrected chi connectivity index (χ2v) is 8.84. The third-order valence-electron chi connectivity index (χ3n) is 4.33. The topological polar surface area (TPSA) is 67.4 Å². The first-order valence-electron chi connectivity index (χ1n) is 9.34. The van der Waals surface area contributed by atoms with E-state index in [2.05, 4.69) is 10.6 Å². The lowest BCUT2D eigenvalue weighted by Gasteiger charge is -2.13. The Balaban J connectivity index is 1.57. The van der Waals surface area contributed by atoms with Gasteiger partial charge in [-0.25, -0.2) is 0 Å². The van der Waals surface area contributed by atoms with Crippen LogP contribution < -0.4 is 15.4 Å². The first kappa shape index (κ1) is 23.0. The minimum Gasteiger partial charge on any atom is -0.497 e. The number of nitrogens with one attached hydrogen (secondary N) is 2. The van der Waals surface area contributed by atoms with Gasteiger partial charge in [-0.1, -0.05) is 23.2 Å². The SMILES string of the molecule is COc1ccc(C(=O)Nc2ccc(SC(C)C(=O)Nc3cc(Cl)ccc3Cl)cc2)cc1. The van der Waals surface area contributed by atoms with Gasteiger partial charge in [0.2, 0.25) is 5.91 Å². The Kier molecular flexibility index (Phi) is 7.85. The van der Waals surface area contributed by atoms with E-state index < -0.39 is 0 Å². The Labute approximate surface area is 195 Å². The van der Waals surface area contributed by atoms with Gasteiger partial charge >= 0.3 is 0 Å². The highest BCUT2D eigenvalue weighted by molar-refractivity contribution is 8.00. The number of halogens is 2. The Morgan fingerprint density at radius 3 is 2.26 bits per heavy atom. The van der Waals surface area contributed by atoms with Crippen LogP contribution in [0.4, 0.5) is 11.4 Å². The van der Waals surface area contributed by atoms with Crippen LogP contribution in [0.3, 0.4) is 0 Å². The van der Waals surface area contributed by atoms with Crippen LogP contribution in [0.5, 0.6) is 5.75 Å². The molecule has 0 saturated heterocycles. The molecule has 2 N–H and O–H groups in total. The van der Waals surface area contributed by atoms with Crippen LogP contribution in [0.1, 0.15) is 17.3 Å². The first-order chi connectivity index (χ1) is 14.9. The average Bonchev–Trinajstić information content (AvgIpc) is 2.77. The van der Waals surface area contributed by atoms with E-state index in [1.807, 2.05) is 12.1 Å². The van der Waals surface area contributed by atoms with Gasteiger partial charge in [0.05, 0.1) is 23.1 Å². The smallest absolute Gasteiger partial charge is 0.255 e. The Morgan fingerprint density at radius 1 is 0.935 bits per heavy atom. The molecule has 0 aliphatic heterocycles. The molecule has 0 aliphatic carbocycles. The van der Waals surface area contributed by atoms with Crippen LogP contribution in [-0.2, 0) is 4.79 Å². The number of carbonyl (C=O) groups is 2. The molecule has 0 aromatic heterocycles. The van der Waals surface area contributed by atoms with E-state index in [0.717, 1.165) is 4.90 Å². The summed E-state index contributed by atoms with van der Waals surface area (Å²) < 4.78 is 5.10. The monoisotopic (exact) mass is 474 g/mol. The van der Waals surface area contributed by atoms with Crippen LogP contribution in [-0.4, -0.2) is 24.2 Å². The van der Waals surface area contributed by atoms with Crippen molar-refractivity contribution >= 4 is 58.2 Å². The van der Waals surface area contributed by atoms with Crippen molar-refractivity contribution in [2.75, 3.05) is 17.7 Å². The molecule has 0 radical (unpaired) electrons. The summed E-state index contributed by atoms with van der Waals surface area (Å²) in [5.41, 5.74) is 1.67. The summed E-state index contributed by atoms with van der Waals surface area (Å²) in [7, 11) is 1.57. The van der Waals surface area contributed by atoms with Gasteiger partial charge in [-0.15, -0.1) is 11.8 Å². The highest BCUT2D eigenvalue weighted by Crippen LogP contribution is 2.29. The zero-order valence-electron chi connectivity index (χ0n) is 16.8. The normalized spacial score (nSPS) is 11.5. The van der Waals surface area contributed by atoms with Crippen molar-refractivity contribution in [3.05, 3.63) is 82.3 Å². The number of benzene rings is 3. The van der Waals surface area contributed by atoms with Gasteiger partial charge in [0.1, 0.15) is 5.75 Å². The molecule has 0 fully saturated rings. The molecule has 5 nitrogen and oxygen atoms in total. The van der Waals surface area contributed by atoms with E-state index in [9.17, 15) is 9.59 Å². The molecule has 0 saturated carbocycles. The van der Waals surface area contributed by atoms with E-state index >= 15 is 0 Å². The average molecular weight is 475 g/mol. The fraction of sp³-hybridized carbons (Fsp3) is 0.130. The Bertz CT molecular complexity index is 1070. The molecule has 1 unspecified atom stereocenters. The third-order valence-corrected chi connectivity index (χ3v) is 6.01. The van der Waals surface area contributed by atoms with Gasteiger partial charge < -0.3 is 15.4 Å². The van der Waals surface area contributed by atoms with E-state index in [1.165, 1.54) is 11.8 Å². The van der Waals surface area contributed by atoms with E-state index in [0.29, 0.717) is 32.7 Å². The minimum atomic E-state index is -0.366. The maximum Gasteiger partial charge on any atom is 0.255 e. The van der Waals surface area contributed by atoms with Crippen LogP contribution in [0.2, 0.25) is 10.0 Å². The number of thioether (sulfide) groups is 1. The summed E-state index contributed by atoms with van der Waals surface area (Å²) in [4.78, 5) is 25.7. The van der Waals surface area contributed by atoms with Gasteiger partial charge in [0.25, 0.3) is 5.91 Å². The zero-order chi connectivity index (χ0) is 22.4. The molecule has 3 rings (SSSR count). The number of rotatable bonds is 7. The maximum absolute atomic E-state index is 12.5. The van der Waals surface area contributed by atoms with Gasteiger partial charge in [0, 0.05) is 21.2 Å². The molecule has 0 spiro atoms. The van der Waals surface area contributed by atoms with Crippen molar-refractivity contribution in [2.45, 2.75) is 17.1 Å². The second kappa shape index (κ2) is 10.6. The van der Waals surface area contributed by atoms with Crippen molar-refractivity contribution in [1.29, 1.82) is 0 Å². The lowest BCUT2D eigenvalue weighted by Crippen LogP contribution is -2.22.